The molecule has 0 unspecified atom stereocenters. The number of rotatable bonds is 4. The molecule has 1 aliphatic heterocycles. The monoisotopic (exact) mass is 621 g/mol. The molecule has 2 heterocycles. The van der Waals surface area contributed by atoms with Crippen molar-refractivity contribution in [1.82, 2.24) is 0 Å². The first kappa shape index (κ1) is 28.3. The number of nitrogens with zero attached hydrogens (tertiary/aromatic N) is 1. The second-order valence-electron chi connectivity index (χ2n) is 13.2. The standard InChI is InChI=1S/C45H32FNO/c1-45(2)39-27-33(29-8-4-3-5-9-29)16-23-41(39)47(36-21-14-31(15-22-36)30-12-19-35(46)20-13-30)42-24-17-34(28-40(42)45)32-18-25-44-38(26-32)37-10-6-7-11-43(37)48-44/h3-28H,1-2H3. The molecular weight excluding hydrogens is 589 g/mol. The van der Waals surface area contributed by atoms with Gasteiger partial charge in [0.25, 0.3) is 0 Å². The molecule has 230 valence electrons. The van der Waals surface area contributed by atoms with Crippen molar-refractivity contribution in [3.63, 3.8) is 0 Å². The van der Waals surface area contributed by atoms with E-state index in [1.54, 1.807) is 0 Å². The van der Waals surface area contributed by atoms with Crippen molar-refractivity contribution in [3.8, 4) is 33.4 Å². The zero-order valence-corrected chi connectivity index (χ0v) is 26.7. The number of fused-ring (bicyclic) bond motifs is 5. The van der Waals surface area contributed by atoms with Crippen molar-refractivity contribution in [2.75, 3.05) is 4.90 Å². The van der Waals surface area contributed by atoms with Gasteiger partial charge in [-0.3, -0.25) is 0 Å². The number of benzene rings is 7. The van der Waals surface area contributed by atoms with Gasteiger partial charge in [0.2, 0.25) is 0 Å². The quantitative estimate of drug-likeness (QED) is 0.194. The summed E-state index contributed by atoms with van der Waals surface area (Å²) in [5.41, 5.74) is 14.2. The van der Waals surface area contributed by atoms with E-state index >= 15 is 0 Å². The van der Waals surface area contributed by atoms with Crippen LogP contribution < -0.4 is 4.90 Å². The SMILES string of the molecule is CC1(C)c2cc(-c3ccccc3)ccc2N(c2ccc(-c3ccc(F)cc3)cc2)c2ccc(-c3ccc4oc5ccccc5c4c3)cc21. The van der Waals surface area contributed by atoms with Crippen molar-refractivity contribution in [1.29, 1.82) is 0 Å². The Balaban J connectivity index is 1.21. The van der Waals surface area contributed by atoms with Gasteiger partial charge >= 0.3 is 0 Å². The summed E-state index contributed by atoms with van der Waals surface area (Å²) in [5, 5.41) is 2.26. The minimum atomic E-state index is -0.275. The largest absolute Gasteiger partial charge is 0.456 e. The maximum atomic E-state index is 13.6. The molecule has 3 heteroatoms. The molecule has 0 N–H and O–H groups in total. The molecule has 8 aromatic rings. The van der Waals surface area contributed by atoms with Gasteiger partial charge in [0.05, 0.1) is 11.4 Å². The number of hydrogen-bond donors (Lipinski definition) is 0. The van der Waals surface area contributed by atoms with Gasteiger partial charge in [-0.1, -0.05) is 105 Å². The van der Waals surface area contributed by atoms with Crippen LogP contribution in [0.4, 0.5) is 21.5 Å². The molecule has 0 amide bonds. The molecule has 1 aliphatic rings. The Bertz CT molecular complexity index is 2470. The molecule has 0 radical (unpaired) electrons. The van der Waals surface area contributed by atoms with E-state index in [2.05, 4.69) is 140 Å². The predicted octanol–water partition coefficient (Wildman–Crippen LogP) is 12.8. The molecule has 48 heavy (non-hydrogen) atoms. The van der Waals surface area contributed by atoms with Gasteiger partial charge in [0, 0.05) is 21.9 Å². The fourth-order valence-electron chi connectivity index (χ4n) is 7.36. The number of furan rings is 1. The lowest BCUT2D eigenvalue weighted by molar-refractivity contribution is 0.628. The summed E-state index contributed by atoms with van der Waals surface area (Å²) >= 11 is 0. The molecule has 7 aromatic carbocycles. The highest BCUT2D eigenvalue weighted by Gasteiger charge is 2.37. The second kappa shape index (κ2) is 10.8. The molecule has 1 aromatic heterocycles. The Morgan fingerprint density at radius 3 is 1.65 bits per heavy atom. The molecule has 0 bridgehead atoms. The molecule has 0 aliphatic carbocycles. The highest BCUT2D eigenvalue weighted by atomic mass is 19.1. The van der Waals surface area contributed by atoms with Crippen LogP contribution in [0, 0.1) is 5.82 Å². The van der Waals surface area contributed by atoms with Crippen LogP contribution in [0.25, 0.3) is 55.3 Å². The topological polar surface area (TPSA) is 16.4 Å². The number of para-hydroxylation sites is 1. The Morgan fingerprint density at radius 2 is 0.958 bits per heavy atom. The van der Waals surface area contributed by atoms with Crippen LogP contribution in [-0.4, -0.2) is 0 Å². The van der Waals surface area contributed by atoms with Crippen LogP contribution in [0.5, 0.6) is 0 Å². The smallest absolute Gasteiger partial charge is 0.135 e. The van der Waals surface area contributed by atoms with Crippen LogP contribution in [0.1, 0.15) is 25.0 Å². The number of anilines is 3. The van der Waals surface area contributed by atoms with Crippen LogP contribution in [0.2, 0.25) is 0 Å². The van der Waals surface area contributed by atoms with Gasteiger partial charge in [-0.15, -0.1) is 0 Å². The Morgan fingerprint density at radius 1 is 0.458 bits per heavy atom. The predicted molar refractivity (Wildman–Crippen MR) is 197 cm³/mol. The third kappa shape index (κ3) is 4.54. The summed E-state index contributed by atoms with van der Waals surface area (Å²) in [6.07, 6.45) is 0. The minimum absolute atomic E-state index is 0.230. The van der Waals surface area contributed by atoms with Crippen molar-refractivity contribution < 1.29 is 8.81 Å². The lowest BCUT2D eigenvalue weighted by atomic mass is 9.72. The van der Waals surface area contributed by atoms with Gasteiger partial charge < -0.3 is 9.32 Å². The average Bonchev–Trinajstić information content (AvgIpc) is 3.51. The van der Waals surface area contributed by atoms with E-state index in [4.69, 9.17) is 4.42 Å². The summed E-state index contributed by atoms with van der Waals surface area (Å²) in [7, 11) is 0. The fourth-order valence-corrected chi connectivity index (χ4v) is 7.36. The molecule has 0 spiro atoms. The summed E-state index contributed by atoms with van der Waals surface area (Å²) < 4.78 is 19.8. The first-order valence-electron chi connectivity index (χ1n) is 16.4. The van der Waals surface area contributed by atoms with E-state index in [1.807, 2.05) is 24.3 Å². The molecular formula is C45H32FNO. The lowest BCUT2D eigenvalue weighted by Crippen LogP contribution is -2.30. The Hall–Kier alpha value is -5.93. The normalized spacial score (nSPS) is 13.4. The molecule has 9 rings (SSSR count). The summed E-state index contributed by atoms with van der Waals surface area (Å²) in [6.45, 7) is 4.68. The zero-order chi connectivity index (χ0) is 32.4. The maximum Gasteiger partial charge on any atom is 0.135 e. The van der Waals surface area contributed by atoms with Crippen molar-refractivity contribution in [2.45, 2.75) is 19.3 Å². The Kier molecular flexibility index (Phi) is 6.38. The molecule has 0 fully saturated rings. The zero-order valence-electron chi connectivity index (χ0n) is 26.7. The number of halogens is 1. The average molecular weight is 622 g/mol. The van der Waals surface area contributed by atoms with Gasteiger partial charge in [0.15, 0.2) is 0 Å². The van der Waals surface area contributed by atoms with Crippen LogP contribution in [0.3, 0.4) is 0 Å². The van der Waals surface area contributed by atoms with Crippen molar-refractivity contribution in [2.24, 2.45) is 0 Å². The highest BCUT2D eigenvalue weighted by Crippen LogP contribution is 2.53. The minimum Gasteiger partial charge on any atom is -0.456 e. The van der Waals surface area contributed by atoms with E-state index in [-0.39, 0.29) is 11.2 Å². The molecule has 0 saturated heterocycles. The fraction of sp³-hybridized carbons (Fsp3) is 0.0667. The van der Waals surface area contributed by atoms with E-state index < -0.39 is 0 Å². The van der Waals surface area contributed by atoms with Crippen LogP contribution >= 0.6 is 0 Å². The van der Waals surface area contributed by atoms with E-state index in [1.165, 1.54) is 45.6 Å². The molecule has 2 nitrogen and oxygen atoms in total. The van der Waals surface area contributed by atoms with Gasteiger partial charge in [-0.05, 0) is 111 Å². The molecule has 0 saturated carbocycles. The van der Waals surface area contributed by atoms with E-state index in [0.717, 1.165) is 50.0 Å². The molecule has 0 atom stereocenters. The van der Waals surface area contributed by atoms with Gasteiger partial charge in [-0.2, -0.15) is 0 Å². The van der Waals surface area contributed by atoms with Crippen LogP contribution in [-0.2, 0) is 5.41 Å². The highest BCUT2D eigenvalue weighted by molar-refractivity contribution is 6.06. The summed E-state index contributed by atoms with van der Waals surface area (Å²) in [4.78, 5) is 2.38. The summed E-state index contributed by atoms with van der Waals surface area (Å²) in [5.74, 6) is -0.230. The van der Waals surface area contributed by atoms with E-state index in [9.17, 15) is 4.39 Å². The number of hydrogen-bond acceptors (Lipinski definition) is 2. The Labute approximate surface area is 279 Å². The van der Waals surface area contributed by atoms with Gasteiger partial charge in [0.1, 0.15) is 17.0 Å². The third-order valence-electron chi connectivity index (χ3n) is 9.94. The second-order valence-corrected chi connectivity index (χ2v) is 13.2. The lowest BCUT2D eigenvalue weighted by Gasteiger charge is -2.42. The van der Waals surface area contributed by atoms with Gasteiger partial charge in [-0.25, -0.2) is 4.39 Å². The van der Waals surface area contributed by atoms with Crippen molar-refractivity contribution in [3.05, 3.63) is 175 Å². The van der Waals surface area contributed by atoms with Crippen LogP contribution in [0.15, 0.2) is 162 Å². The maximum absolute atomic E-state index is 13.6. The first-order chi connectivity index (χ1) is 23.4. The third-order valence-corrected chi connectivity index (χ3v) is 9.94. The van der Waals surface area contributed by atoms with Crippen molar-refractivity contribution >= 4 is 39.0 Å². The summed E-state index contributed by atoms with van der Waals surface area (Å²) in [6, 6.07) is 54.3. The first-order valence-corrected chi connectivity index (χ1v) is 16.4. The van der Waals surface area contributed by atoms with E-state index in [0.29, 0.717) is 0 Å².